The van der Waals surface area contributed by atoms with Crippen molar-refractivity contribution in [1.29, 1.82) is 0 Å². The maximum Gasteiger partial charge on any atom is 0.282 e. The van der Waals surface area contributed by atoms with E-state index in [4.69, 9.17) is 4.74 Å². The van der Waals surface area contributed by atoms with Crippen molar-refractivity contribution in [2.45, 2.75) is 38.6 Å². The molecule has 0 spiro atoms. The zero-order chi connectivity index (χ0) is 18.7. The van der Waals surface area contributed by atoms with Gasteiger partial charge in [0.2, 0.25) is 0 Å². The Morgan fingerprint density at radius 3 is 2.58 bits per heavy atom. The van der Waals surface area contributed by atoms with E-state index in [1.54, 1.807) is 0 Å². The molecule has 1 unspecified atom stereocenters. The van der Waals surface area contributed by atoms with Gasteiger partial charge in [-0.3, -0.25) is 14.9 Å². The standard InChI is InChI=1S/C20H22N2O4/c1-13(15-8-7-14-5-3-4-6-16(14)11-15)21-20(23)18-12-17(26-2)9-10-19(18)22(24)25/h7-13H,3-6H2,1-2H3,(H,21,23). The van der Waals surface area contributed by atoms with Gasteiger partial charge >= 0.3 is 0 Å². The summed E-state index contributed by atoms with van der Waals surface area (Å²) in [6.07, 6.45) is 4.57. The van der Waals surface area contributed by atoms with E-state index in [0.717, 1.165) is 18.4 Å². The minimum atomic E-state index is -0.558. The number of fused-ring (bicyclic) bond motifs is 1. The van der Waals surface area contributed by atoms with Gasteiger partial charge in [-0.2, -0.15) is 0 Å². The van der Waals surface area contributed by atoms with Crippen molar-refractivity contribution in [2.75, 3.05) is 7.11 Å². The molecule has 1 atom stereocenters. The maximum absolute atomic E-state index is 12.6. The molecule has 0 radical (unpaired) electrons. The van der Waals surface area contributed by atoms with Crippen LogP contribution < -0.4 is 10.1 Å². The molecule has 0 aliphatic heterocycles. The first-order chi connectivity index (χ1) is 12.5. The number of ether oxygens (including phenoxy) is 1. The molecule has 0 saturated carbocycles. The quantitative estimate of drug-likeness (QED) is 0.650. The van der Waals surface area contributed by atoms with Crippen LogP contribution in [0, 0.1) is 10.1 Å². The first kappa shape index (κ1) is 17.9. The van der Waals surface area contributed by atoms with Gasteiger partial charge in [0, 0.05) is 6.07 Å². The molecule has 0 saturated heterocycles. The van der Waals surface area contributed by atoms with E-state index in [-0.39, 0.29) is 17.3 Å². The number of amides is 1. The van der Waals surface area contributed by atoms with Crippen molar-refractivity contribution in [1.82, 2.24) is 5.32 Å². The Morgan fingerprint density at radius 2 is 1.88 bits per heavy atom. The Labute approximate surface area is 152 Å². The van der Waals surface area contributed by atoms with Crippen LogP contribution in [0.3, 0.4) is 0 Å². The zero-order valence-corrected chi connectivity index (χ0v) is 15.0. The Bertz CT molecular complexity index is 848. The number of carbonyl (C=O) groups is 1. The van der Waals surface area contributed by atoms with E-state index in [2.05, 4.69) is 17.4 Å². The topological polar surface area (TPSA) is 81.5 Å². The lowest BCUT2D eigenvalue weighted by molar-refractivity contribution is -0.385. The predicted molar refractivity (Wildman–Crippen MR) is 98.6 cm³/mol. The number of carbonyl (C=O) groups excluding carboxylic acids is 1. The number of rotatable bonds is 5. The van der Waals surface area contributed by atoms with Crippen LogP contribution >= 0.6 is 0 Å². The van der Waals surface area contributed by atoms with Gasteiger partial charge in [0.25, 0.3) is 11.6 Å². The van der Waals surface area contributed by atoms with Crippen LogP contribution in [0.4, 0.5) is 5.69 Å². The fourth-order valence-corrected chi connectivity index (χ4v) is 3.36. The number of nitro benzene ring substituents is 1. The molecule has 26 heavy (non-hydrogen) atoms. The van der Waals surface area contributed by atoms with Crippen molar-refractivity contribution in [3.8, 4) is 5.75 Å². The molecule has 1 amide bonds. The molecule has 0 heterocycles. The van der Waals surface area contributed by atoms with Crippen LogP contribution in [-0.4, -0.2) is 17.9 Å². The molecular formula is C20H22N2O4. The molecule has 6 nitrogen and oxygen atoms in total. The minimum absolute atomic E-state index is 0.000778. The van der Waals surface area contributed by atoms with Crippen LogP contribution in [0.1, 0.15) is 52.9 Å². The summed E-state index contributed by atoms with van der Waals surface area (Å²) in [5.41, 5.74) is 3.48. The summed E-state index contributed by atoms with van der Waals surface area (Å²) in [4.78, 5) is 23.3. The number of nitrogens with one attached hydrogen (secondary N) is 1. The van der Waals surface area contributed by atoms with E-state index in [1.165, 1.54) is 49.3 Å². The lowest BCUT2D eigenvalue weighted by Crippen LogP contribution is -2.27. The summed E-state index contributed by atoms with van der Waals surface area (Å²) in [5.74, 6) is -0.0806. The molecule has 0 bridgehead atoms. The molecule has 2 aromatic carbocycles. The van der Waals surface area contributed by atoms with Gasteiger partial charge in [0.05, 0.1) is 18.1 Å². The maximum atomic E-state index is 12.6. The molecule has 0 aromatic heterocycles. The largest absolute Gasteiger partial charge is 0.497 e. The number of benzene rings is 2. The average molecular weight is 354 g/mol. The summed E-state index contributed by atoms with van der Waals surface area (Å²) < 4.78 is 5.09. The summed E-state index contributed by atoms with van der Waals surface area (Å²) in [6, 6.07) is 10.2. The third-order valence-corrected chi connectivity index (χ3v) is 4.87. The van der Waals surface area contributed by atoms with Crippen molar-refractivity contribution >= 4 is 11.6 Å². The highest BCUT2D eigenvalue weighted by molar-refractivity contribution is 5.98. The van der Waals surface area contributed by atoms with Crippen LogP contribution in [-0.2, 0) is 12.8 Å². The monoisotopic (exact) mass is 354 g/mol. The van der Waals surface area contributed by atoms with Gasteiger partial charge in [-0.25, -0.2) is 0 Å². The molecule has 3 rings (SSSR count). The summed E-state index contributed by atoms with van der Waals surface area (Å²) in [6.45, 7) is 1.88. The second-order valence-corrected chi connectivity index (χ2v) is 6.57. The van der Waals surface area contributed by atoms with Gasteiger partial charge in [-0.05, 0) is 61.4 Å². The number of methoxy groups -OCH3 is 1. The number of hydrogen-bond acceptors (Lipinski definition) is 4. The van der Waals surface area contributed by atoms with E-state index >= 15 is 0 Å². The Hall–Kier alpha value is -2.89. The first-order valence-corrected chi connectivity index (χ1v) is 8.74. The molecule has 1 aliphatic carbocycles. The van der Waals surface area contributed by atoms with Crippen molar-refractivity contribution in [2.24, 2.45) is 0 Å². The summed E-state index contributed by atoms with van der Waals surface area (Å²) in [5, 5.41) is 14.1. The highest BCUT2D eigenvalue weighted by Crippen LogP contribution is 2.27. The fraction of sp³-hybridized carbons (Fsp3) is 0.350. The lowest BCUT2D eigenvalue weighted by atomic mass is 9.89. The van der Waals surface area contributed by atoms with Gasteiger partial charge in [0.1, 0.15) is 11.3 Å². The fourth-order valence-electron chi connectivity index (χ4n) is 3.36. The lowest BCUT2D eigenvalue weighted by Gasteiger charge is -2.20. The highest BCUT2D eigenvalue weighted by Gasteiger charge is 2.23. The predicted octanol–water partition coefficient (Wildman–Crippen LogP) is 3.97. The number of nitro groups is 1. The third kappa shape index (κ3) is 3.69. The van der Waals surface area contributed by atoms with Gasteiger partial charge in [-0.15, -0.1) is 0 Å². The average Bonchev–Trinajstić information content (AvgIpc) is 2.66. The highest BCUT2D eigenvalue weighted by atomic mass is 16.6. The van der Waals surface area contributed by atoms with Crippen LogP contribution in [0.25, 0.3) is 0 Å². The van der Waals surface area contributed by atoms with Crippen molar-refractivity contribution < 1.29 is 14.5 Å². The van der Waals surface area contributed by atoms with E-state index < -0.39 is 10.8 Å². The van der Waals surface area contributed by atoms with Gasteiger partial charge < -0.3 is 10.1 Å². The Morgan fingerprint density at radius 1 is 1.15 bits per heavy atom. The normalized spacial score (nSPS) is 14.2. The number of nitrogens with zero attached hydrogens (tertiary/aromatic N) is 1. The molecule has 136 valence electrons. The van der Waals surface area contributed by atoms with Gasteiger partial charge in [-0.1, -0.05) is 18.2 Å². The summed E-state index contributed by atoms with van der Waals surface area (Å²) in [7, 11) is 1.46. The molecule has 1 N–H and O–H groups in total. The Kier molecular flexibility index (Phi) is 5.21. The van der Waals surface area contributed by atoms with E-state index in [0.29, 0.717) is 5.75 Å². The second-order valence-electron chi connectivity index (χ2n) is 6.57. The Balaban J connectivity index is 1.82. The SMILES string of the molecule is COc1ccc([N+](=O)[O-])c(C(=O)NC(C)c2ccc3c(c2)CCCC3)c1. The van der Waals surface area contributed by atoms with E-state index in [1.807, 2.05) is 13.0 Å². The van der Waals surface area contributed by atoms with Crippen LogP contribution in [0.15, 0.2) is 36.4 Å². The third-order valence-electron chi connectivity index (χ3n) is 4.87. The molecule has 0 fully saturated rings. The van der Waals surface area contributed by atoms with Crippen LogP contribution in [0.5, 0.6) is 5.75 Å². The van der Waals surface area contributed by atoms with Gasteiger partial charge in [0.15, 0.2) is 0 Å². The molecular weight excluding hydrogens is 332 g/mol. The number of aryl methyl sites for hydroxylation is 2. The molecule has 2 aromatic rings. The van der Waals surface area contributed by atoms with Crippen molar-refractivity contribution in [3.63, 3.8) is 0 Å². The number of hydrogen-bond donors (Lipinski definition) is 1. The summed E-state index contributed by atoms with van der Waals surface area (Å²) >= 11 is 0. The molecule has 1 aliphatic rings. The van der Waals surface area contributed by atoms with Crippen LogP contribution in [0.2, 0.25) is 0 Å². The van der Waals surface area contributed by atoms with E-state index in [9.17, 15) is 14.9 Å². The first-order valence-electron chi connectivity index (χ1n) is 8.74. The molecule has 6 heteroatoms. The minimum Gasteiger partial charge on any atom is -0.497 e. The zero-order valence-electron chi connectivity index (χ0n) is 15.0. The second kappa shape index (κ2) is 7.56. The smallest absolute Gasteiger partial charge is 0.282 e. The van der Waals surface area contributed by atoms with Crippen molar-refractivity contribution in [3.05, 3.63) is 68.8 Å².